The third-order valence-electron chi connectivity index (χ3n) is 4.09. The summed E-state index contributed by atoms with van der Waals surface area (Å²) in [6, 6.07) is -0.00828. The second-order valence-corrected chi connectivity index (χ2v) is 7.24. The molecule has 0 spiro atoms. The molecule has 1 aromatic rings. The highest BCUT2D eigenvalue weighted by atomic mass is 32.1. The Balaban J connectivity index is 2.08. The molecule has 0 aliphatic carbocycles. The van der Waals surface area contributed by atoms with Crippen LogP contribution in [0.25, 0.3) is 0 Å². The van der Waals surface area contributed by atoms with E-state index >= 15 is 0 Å². The number of hydrogen-bond donors (Lipinski definition) is 0. The average molecular weight is 340 g/mol. The van der Waals surface area contributed by atoms with E-state index in [2.05, 4.69) is 31.0 Å². The Hall–Kier alpha value is -1.21. The first-order valence-electron chi connectivity index (χ1n) is 8.52. The maximum atomic E-state index is 12.8. The summed E-state index contributed by atoms with van der Waals surface area (Å²) in [4.78, 5) is 16.4. The summed E-state index contributed by atoms with van der Waals surface area (Å²) < 4.78 is 5.51. The molecule has 1 aromatic heterocycles. The highest BCUT2D eigenvalue weighted by Crippen LogP contribution is 2.30. The minimum atomic E-state index is -0.248. The Morgan fingerprint density at radius 2 is 2.09 bits per heavy atom. The Kier molecular flexibility index (Phi) is 6.77. The third kappa shape index (κ3) is 4.41. The summed E-state index contributed by atoms with van der Waals surface area (Å²) in [5, 5.41) is 10.0. The Labute approximate surface area is 142 Å². The molecule has 7 heteroatoms. The normalized spacial score (nSPS) is 19.0. The highest BCUT2D eigenvalue weighted by Gasteiger charge is 2.36. The number of carbonyl (C=O) groups is 1. The van der Waals surface area contributed by atoms with Gasteiger partial charge in [0.25, 0.3) is 0 Å². The van der Waals surface area contributed by atoms with Gasteiger partial charge in [-0.25, -0.2) is 9.69 Å². The molecule has 0 N–H and O–H groups in total. The first kappa shape index (κ1) is 18.1. The van der Waals surface area contributed by atoms with Gasteiger partial charge in [-0.05, 0) is 6.42 Å². The number of nitrogens with zero attached hydrogens (tertiary/aromatic N) is 4. The van der Waals surface area contributed by atoms with Crippen molar-refractivity contribution in [2.24, 2.45) is 0 Å². The number of ether oxygens (including phenoxy) is 1. The van der Waals surface area contributed by atoms with Crippen LogP contribution >= 0.6 is 11.3 Å². The van der Waals surface area contributed by atoms with Gasteiger partial charge in [0.15, 0.2) is 0 Å². The van der Waals surface area contributed by atoms with Crippen LogP contribution in [0, 0.1) is 0 Å². The molecule has 0 saturated carbocycles. The van der Waals surface area contributed by atoms with Crippen LogP contribution in [-0.4, -0.2) is 47.6 Å². The number of amides is 2. The Bertz CT molecular complexity index is 506. The van der Waals surface area contributed by atoms with Crippen LogP contribution in [0.15, 0.2) is 0 Å². The molecule has 2 heterocycles. The van der Waals surface area contributed by atoms with E-state index in [1.807, 2.05) is 4.90 Å². The monoisotopic (exact) mass is 340 g/mol. The Morgan fingerprint density at radius 1 is 1.30 bits per heavy atom. The lowest BCUT2D eigenvalue weighted by molar-refractivity contribution is 0.0652. The van der Waals surface area contributed by atoms with Gasteiger partial charge >= 0.3 is 6.03 Å². The van der Waals surface area contributed by atoms with Crippen molar-refractivity contribution in [1.82, 2.24) is 15.1 Å². The molecule has 1 atom stereocenters. The topological polar surface area (TPSA) is 58.6 Å². The van der Waals surface area contributed by atoms with Crippen LogP contribution < -0.4 is 4.90 Å². The van der Waals surface area contributed by atoms with E-state index < -0.39 is 0 Å². The fourth-order valence-electron chi connectivity index (χ4n) is 2.69. The minimum Gasteiger partial charge on any atom is -0.361 e. The summed E-state index contributed by atoms with van der Waals surface area (Å²) >= 11 is 1.48. The minimum absolute atomic E-state index is 0.00828. The largest absolute Gasteiger partial charge is 0.361 e. The molecule has 1 fully saturated rings. The quantitative estimate of drug-likeness (QED) is 0.675. The lowest BCUT2D eigenvalue weighted by Gasteiger charge is -2.39. The second-order valence-electron chi connectivity index (χ2n) is 6.26. The SMILES string of the molecule is CCCCCCN1CCC(OC)N(c2nnc(C(C)C)s2)C1=O. The van der Waals surface area contributed by atoms with Crippen molar-refractivity contribution in [1.29, 1.82) is 0 Å². The van der Waals surface area contributed by atoms with E-state index in [-0.39, 0.29) is 12.3 Å². The number of hydrogen-bond acceptors (Lipinski definition) is 5. The van der Waals surface area contributed by atoms with E-state index in [1.165, 1.54) is 30.6 Å². The van der Waals surface area contributed by atoms with E-state index in [9.17, 15) is 4.79 Å². The summed E-state index contributed by atoms with van der Waals surface area (Å²) in [5.41, 5.74) is 0. The van der Waals surface area contributed by atoms with Gasteiger partial charge in [-0.3, -0.25) is 0 Å². The molecular formula is C16H28N4O2S. The molecule has 0 bridgehead atoms. The first-order chi connectivity index (χ1) is 11.1. The molecule has 1 unspecified atom stereocenters. The number of rotatable bonds is 8. The van der Waals surface area contributed by atoms with Gasteiger partial charge in [0.1, 0.15) is 11.2 Å². The molecule has 1 aliphatic heterocycles. The van der Waals surface area contributed by atoms with E-state index in [1.54, 1.807) is 12.0 Å². The predicted molar refractivity (Wildman–Crippen MR) is 93.0 cm³/mol. The first-order valence-corrected chi connectivity index (χ1v) is 9.34. The molecule has 0 aromatic carbocycles. The molecule has 2 rings (SSSR count). The van der Waals surface area contributed by atoms with Crippen LogP contribution in [0.4, 0.5) is 9.93 Å². The van der Waals surface area contributed by atoms with Gasteiger partial charge in [0.05, 0.1) is 0 Å². The number of methoxy groups -OCH3 is 1. The van der Waals surface area contributed by atoms with Gasteiger partial charge < -0.3 is 9.64 Å². The lowest BCUT2D eigenvalue weighted by Crippen LogP contribution is -2.55. The fourth-order valence-corrected chi connectivity index (χ4v) is 3.57. The number of aromatic nitrogens is 2. The fraction of sp³-hybridized carbons (Fsp3) is 0.812. The summed E-state index contributed by atoms with van der Waals surface area (Å²) in [7, 11) is 1.65. The van der Waals surface area contributed by atoms with E-state index in [4.69, 9.17) is 4.74 Å². The maximum absolute atomic E-state index is 12.8. The van der Waals surface area contributed by atoms with Crippen molar-refractivity contribution in [2.45, 2.75) is 65.0 Å². The summed E-state index contributed by atoms with van der Waals surface area (Å²) in [5.74, 6) is 0.312. The smallest absolute Gasteiger partial charge is 0.328 e. The highest BCUT2D eigenvalue weighted by molar-refractivity contribution is 7.15. The van der Waals surface area contributed by atoms with Crippen molar-refractivity contribution < 1.29 is 9.53 Å². The molecular weight excluding hydrogens is 312 g/mol. The molecule has 1 saturated heterocycles. The lowest BCUT2D eigenvalue weighted by atomic mass is 10.2. The predicted octanol–water partition coefficient (Wildman–Crippen LogP) is 3.85. The van der Waals surface area contributed by atoms with Crippen molar-refractivity contribution >= 4 is 22.5 Å². The van der Waals surface area contributed by atoms with Crippen LogP contribution in [-0.2, 0) is 4.74 Å². The average Bonchev–Trinajstić information content (AvgIpc) is 3.02. The van der Waals surface area contributed by atoms with Gasteiger partial charge in [-0.2, -0.15) is 0 Å². The molecule has 130 valence electrons. The number of anilines is 1. The van der Waals surface area contributed by atoms with Gasteiger partial charge in [0.2, 0.25) is 5.13 Å². The zero-order valence-electron chi connectivity index (χ0n) is 14.6. The van der Waals surface area contributed by atoms with Crippen molar-refractivity contribution in [3.05, 3.63) is 5.01 Å². The number of urea groups is 1. The molecule has 6 nitrogen and oxygen atoms in total. The molecule has 0 radical (unpaired) electrons. The number of unbranched alkanes of at least 4 members (excludes halogenated alkanes) is 3. The van der Waals surface area contributed by atoms with Crippen LogP contribution in [0.2, 0.25) is 0 Å². The summed E-state index contributed by atoms with van der Waals surface area (Å²) in [6.45, 7) is 7.91. The maximum Gasteiger partial charge on any atom is 0.328 e. The van der Waals surface area contributed by atoms with Crippen molar-refractivity contribution in [3.63, 3.8) is 0 Å². The van der Waals surface area contributed by atoms with Gasteiger partial charge in [-0.1, -0.05) is 51.4 Å². The second kappa shape index (κ2) is 8.59. The van der Waals surface area contributed by atoms with Crippen LogP contribution in [0.3, 0.4) is 0 Å². The van der Waals surface area contributed by atoms with Crippen molar-refractivity contribution in [2.75, 3.05) is 25.1 Å². The molecule has 1 aliphatic rings. The number of carbonyl (C=O) groups excluding carboxylic acids is 1. The molecule has 2 amide bonds. The summed E-state index contributed by atoms with van der Waals surface area (Å²) in [6.07, 6.45) is 5.20. The van der Waals surface area contributed by atoms with Gasteiger partial charge in [0, 0.05) is 32.5 Å². The van der Waals surface area contributed by atoms with Crippen LogP contribution in [0.5, 0.6) is 0 Å². The van der Waals surface area contributed by atoms with Crippen molar-refractivity contribution in [3.8, 4) is 0 Å². The third-order valence-corrected chi connectivity index (χ3v) is 5.32. The van der Waals surface area contributed by atoms with E-state index in [0.717, 1.165) is 30.9 Å². The molecule has 23 heavy (non-hydrogen) atoms. The van der Waals surface area contributed by atoms with E-state index in [0.29, 0.717) is 11.0 Å². The zero-order chi connectivity index (χ0) is 16.8. The zero-order valence-corrected chi connectivity index (χ0v) is 15.4. The standard InChI is InChI=1S/C16H28N4O2S/c1-5-6-7-8-10-19-11-9-13(22-4)20(16(19)21)15-18-17-14(23-15)12(2)3/h12-13H,5-11H2,1-4H3. The van der Waals surface area contributed by atoms with Crippen LogP contribution in [0.1, 0.15) is 63.8 Å². The Morgan fingerprint density at radius 3 is 2.70 bits per heavy atom. The van der Waals surface area contributed by atoms with Gasteiger partial charge in [-0.15, -0.1) is 10.2 Å².